The summed E-state index contributed by atoms with van der Waals surface area (Å²) in [4.78, 5) is 6.30. The molecule has 0 saturated heterocycles. The number of nitrogens with one attached hydrogen (secondary N) is 1. The average molecular weight is 248 g/mol. The van der Waals surface area contributed by atoms with Gasteiger partial charge in [0.1, 0.15) is 5.82 Å². The molecule has 0 aromatic carbocycles. The molecular weight excluding hydrogens is 233 g/mol. The average Bonchev–Trinajstić information content (AvgIpc) is 2.70. The second kappa shape index (κ2) is 5.05. The van der Waals surface area contributed by atoms with Crippen LogP contribution in [0.5, 0.6) is 0 Å². The fourth-order valence-electron chi connectivity index (χ4n) is 1.88. The standard InChI is InChI=1S/C10H15F3N4/c11-10(12,13)8-14-1-3-16-5-6-17-4-2-15-9(17)7-16/h2,4,14H,1,3,5-8H2. The van der Waals surface area contributed by atoms with Gasteiger partial charge < -0.3 is 9.88 Å². The molecular formula is C10H15F3N4. The van der Waals surface area contributed by atoms with Crippen LogP contribution in [0.1, 0.15) is 5.82 Å². The van der Waals surface area contributed by atoms with Gasteiger partial charge in [-0.25, -0.2) is 4.98 Å². The first-order valence-electron chi connectivity index (χ1n) is 5.54. The predicted molar refractivity (Wildman–Crippen MR) is 56.4 cm³/mol. The Morgan fingerprint density at radius 2 is 2.18 bits per heavy atom. The zero-order valence-electron chi connectivity index (χ0n) is 9.37. The lowest BCUT2D eigenvalue weighted by atomic mass is 10.3. The molecule has 0 radical (unpaired) electrons. The normalized spacial score (nSPS) is 17.1. The van der Waals surface area contributed by atoms with Crippen LogP contribution in [-0.4, -0.2) is 46.8 Å². The summed E-state index contributed by atoms with van der Waals surface area (Å²) in [5, 5.41) is 2.40. The number of nitrogens with zero attached hydrogens (tertiary/aromatic N) is 3. The first-order valence-corrected chi connectivity index (χ1v) is 5.54. The molecule has 1 aliphatic rings. The fraction of sp³-hybridized carbons (Fsp3) is 0.700. The summed E-state index contributed by atoms with van der Waals surface area (Å²) in [7, 11) is 0. The van der Waals surface area contributed by atoms with Crippen LogP contribution >= 0.6 is 0 Å². The van der Waals surface area contributed by atoms with Crippen LogP contribution in [0, 0.1) is 0 Å². The third-order valence-electron chi connectivity index (χ3n) is 2.75. The summed E-state index contributed by atoms with van der Waals surface area (Å²) < 4.78 is 37.7. The molecule has 96 valence electrons. The molecule has 0 fully saturated rings. The third kappa shape index (κ3) is 3.71. The van der Waals surface area contributed by atoms with E-state index in [1.54, 1.807) is 6.20 Å². The number of imidazole rings is 1. The molecule has 0 amide bonds. The van der Waals surface area contributed by atoms with Crippen molar-refractivity contribution in [3.05, 3.63) is 18.2 Å². The minimum atomic E-state index is -4.13. The first kappa shape index (κ1) is 12.4. The van der Waals surface area contributed by atoms with E-state index in [2.05, 4.69) is 19.8 Å². The lowest BCUT2D eigenvalue weighted by Crippen LogP contribution is -2.40. The summed E-state index contributed by atoms with van der Waals surface area (Å²) >= 11 is 0. The lowest BCUT2D eigenvalue weighted by molar-refractivity contribution is -0.124. The number of rotatable bonds is 4. The monoisotopic (exact) mass is 248 g/mol. The minimum Gasteiger partial charge on any atom is -0.333 e. The van der Waals surface area contributed by atoms with Crippen molar-refractivity contribution < 1.29 is 13.2 Å². The summed E-state index contributed by atoms with van der Waals surface area (Å²) in [6, 6.07) is 0. The molecule has 0 bridgehead atoms. The third-order valence-corrected chi connectivity index (χ3v) is 2.75. The van der Waals surface area contributed by atoms with E-state index in [0.717, 1.165) is 18.9 Å². The quantitative estimate of drug-likeness (QED) is 0.802. The highest BCUT2D eigenvalue weighted by atomic mass is 19.4. The molecule has 0 atom stereocenters. The van der Waals surface area contributed by atoms with E-state index in [0.29, 0.717) is 19.6 Å². The second-order valence-corrected chi connectivity index (χ2v) is 4.10. The number of fused-ring (bicyclic) bond motifs is 1. The van der Waals surface area contributed by atoms with Crippen LogP contribution in [0.4, 0.5) is 13.2 Å². The summed E-state index contributed by atoms with van der Waals surface area (Å²) in [6.45, 7) is 2.46. The summed E-state index contributed by atoms with van der Waals surface area (Å²) in [6.07, 6.45) is -0.451. The van der Waals surface area contributed by atoms with Crippen LogP contribution in [0.3, 0.4) is 0 Å². The molecule has 7 heteroatoms. The summed E-state index contributed by atoms with van der Waals surface area (Å²) in [5.41, 5.74) is 0. The first-order chi connectivity index (χ1) is 8.04. The Morgan fingerprint density at radius 3 is 2.94 bits per heavy atom. The van der Waals surface area contributed by atoms with E-state index in [1.807, 2.05) is 6.20 Å². The molecule has 0 unspecified atom stereocenters. The maximum absolute atomic E-state index is 11.9. The Kier molecular flexibility index (Phi) is 3.68. The summed E-state index contributed by atoms with van der Waals surface area (Å²) in [5.74, 6) is 0.979. The Labute approximate surface area is 97.4 Å². The highest BCUT2D eigenvalue weighted by Crippen LogP contribution is 2.12. The van der Waals surface area contributed by atoms with Crippen LogP contribution in [0.2, 0.25) is 0 Å². The highest BCUT2D eigenvalue weighted by molar-refractivity contribution is 4.95. The number of halogens is 3. The van der Waals surface area contributed by atoms with Crippen LogP contribution in [0.25, 0.3) is 0 Å². The van der Waals surface area contributed by atoms with Crippen molar-refractivity contribution in [1.82, 2.24) is 19.8 Å². The van der Waals surface area contributed by atoms with Crippen molar-refractivity contribution in [3.63, 3.8) is 0 Å². The van der Waals surface area contributed by atoms with Gasteiger partial charge in [0.15, 0.2) is 0 Å². The van der Waals surface area contributed by atoms with Gasteiger partial charge in [0, 0.05) is 38.6 Å². The molecule has 1 aromatic rings. The zero-order chi connectivity index (χ0) is 12.3. The van der Waals surface area contributed by atoms with Gasteiger partial charge in [-0.1, -0.05) is 0 Å². The molecule has 0 spiro atoms. The molecule has 1 aromatic heterocycles. The largest absolute Gasteiger partial charge is 0.401 e. The topological polar surface area (TPSA) is 33.1 Å². The van der Waals surface area contributed by atoms with E-state index in [4.69, 9.17) is 0 Å². The molecule has 1 N–H and O–H groups in total. The van der Waals surface area contributed by atoms with E-state index >= 15 is 0 Å². The molecule has 4 nitrogen and oxygen atoms in total. The van der Waals surface area contributed by atoms with Gasteiger partial charge in [0.25, 0.3) is 0 Å². The van der Waals surface area contributed by atoms with Gasteiger partial charge in [0.05, 0.1) is 13.1 Å². The van der Waals surface area contributed by atoms with Gasteiger partial charge in [-0.2, -0.15) is 13.2 Å². The number of alkyl halides is 3. The van der Waals surface area contributed by atoms with Gasteiger partial charge >= 0.3 is 6.18 Å². The van der Waals surface area contributed by atoms with Gasteiger partial charge in [0.2, 0.25) is 0 Å². The zero-order valence-corrected chi connectivity index (χ0v) is 9.37. The second-order valence-electron chi connectivity index (χ2n) is 4.10. The minimum absolute atomic E-state index is 0.347. The molecule has 2 rings (SSSR count). The number of aromatic nitrogens is 2. The fourth-order valence-corrected chi connectivity index (χ4v) is 1.88. The van der Waals surface area contributed by atoms with Gasteiger partial charge in [-0.05, 0) is 0 Å². The Hall–Kier alpha value is -1.08. The van der Waals surface area contributed by atoms with E-state index in [1.165, 1.54) is 0 Å². The van der Waals surface area contributed by atoms with Crippen LogP contribution in [-0.2, 0) is 13.1 Å². The van der Waals surface area contributed by atoms with E-state index in [9.17, 15) is 13.2 Å². The lowest BCUT2D eigenvalue weighted by Gasteiger charge is -2.27. The molecule has 0 aliphatic carbocycles. The van der Waals surface area contributed by atoms with Crippen molar-refractivity contribution in [2.45, 2.75) is 19.3 Å². The Balaban J connectivity index is 1.68. The van der Waals surface area contributed by atoms with E-state index in [-0.39, 0.29) is 0 Å². The molecule has 17 heavy (non-hydrogen) atoms. The number of hydrogen-bond acceptors (Lipinski definition) is 3. The SMILES string of the molecule is FC(F)(F)CNCCN1CCn2ccnc2C1. The maximum Gasteiger partial charge on any atom is 0.401 e. The maximum atomic E-state index is 11.9. The van der Waals surface area contributed by atoms with Crippen molar-refractivity contribution in [2.24, 2.45) is 0 Å². The Bertz CT molecular complexity index is 361. The van der Waals surface area contributed by atoms with Crippen molar-refractivity contribution in [2.75, 3.05) is 26.2 Å². The van der Waals surface area contributed by atoms with Crippen LogP contribution in [0.15, 0.2) is 12.4 Å². The molecule has 1 aliphatic heterocycles. The van der Waals surface area contributed by atoms with E-state index < -0.39 is 12.7 Å². The smallest absolute Gasteiger partial charge is 0.333 e. The predicted octanol–water partition coefficient (Wildman–Crippen LogP) is 0.851. The van der Waals surface area contributed by atoms with Crippen molar-refractivity contribution >= 4 is 0 Å². The molecule has 0 saturated carbocycles. The Morgan fingerprint density at radius 1 is 1.35 bits per heavy atom. The van der Waals surface area contributed by atoms with Crippen molar-refractivity contribution in [1.29, 1.82) is 0 Å². The van der Waals surface area contributed by atoms with Crippen molar-refractivity contribution in [3.8, 4) is 0 Å². The van der Waals surface area contributed by atoms with Gasteiger partial charge in [-0.15, -0.1) is 0 Å². The van der Waals surface area contributed by atoms with Crippen LogP contribution < -0.4 is 5.32 Å². The van der Waals surface area contributed by atoms with Gasteiger partial charge in [-0.3, -0.25) is 4.90 Å². The number of hydrogen-bond donors (Lipinski definition) is 1. The highest BCUT2D eigenvalue weighted by Gasteiger charge is 2.26. The molecule has 2 heterocycles.